The van der Waals surface area contributed by atoms with Crippen LogP contribution < -0.4 is 10.1 Å². The van der Waals surface area contributed by atoms with E-state index >= 15 is 0 Å². The lowest BCUT2D eigenvalue weighted by Crippen LogP contribution is -2.15. The van der Waals surface area contributed by atoms with Gasteiger partial charge >= 0.3 is 0 Å². The fourth-order valence-electron chi connectivity index (χ4n) is 2.56. The van der Waals surface area contributed by atoms with Crippen molar-refractivity contribution >= 4 is 46.6 Å². The van der Waals surface area contributed by atoms with Crippen molar-refractivity contribution in [1.82, 2.24) is 14.8 Å². The average Bonchev–Trinajstić information content (AvgIpc) is 3.11. The van der Waals surface area contributed by atoms with Crippen LogP contribution in [-0.2, 0) is 11.3 Å². The number of halogens is 2. The van der Waals surface area contributed by atoms with E-state index in [1.807, 2.05) is 35.8 Å². The molecule has 0 saturated heterocycles. The summed E-state index contributed by atoms with van der Waals surface area (Å²) in [6.07, 6.45) is 0. The van der Waals surface area contributed by atoms with Crippen molar-refractivity contribution in [2.45, 2.75) is 18.6 Å². The van der Waals surface area contributed by atoms with Gasteiger partial charge in [-0.25, -0.2) is 0 Å². The molecule has 28 heavy (non-hydrogen) atoms. The van der Waals surface area contributed by atoms with Crippen molar-refractivity contribution in [1.29, 1.82) is 0 Å². The standard InChI is InChI=1S/C19H18Cl2N4O2S/c1-3-25-18(12-5-4-6-14(9-12)27-2)23-24-19(25)28-11-17(26)22-16-8-7-13(20)10-15(16)21/h4-10H,3,11H2,1-2H3,(H,22,26). The maximum absolute atomic E-state index is 12.3. The number of carbonyl (C=O) groups is 1. The maximum Gasteiger partial charge on any atom is 0.234 e. The Labute approximate surface area is 177 Å². The summed E-state index contributed by atoms with van der Waals surface area (Å²) in [4.78, 5) is 12.3. The largest absolute Gasteiger partial charge is 0.497 e. The molecule has 3 rings (SSSR count). The van der Waals surface area contributed by atoms with Gasteiger partial charge in [-0.15, -0.1) is 10.2 Å². The molecule has 1 N–H and O–H groups in total. The van der Waals surface area contributed by atoms with E-state index in [4.69, 9.17) is 27.9 Å². The van der Waals surface area contributed by atoms with Crippen LogP contribution in [0.2, 0.25) is 10.0 Å². The minimum Gasteiger partial charge on any atom is -0.497 e. The molecule has 146 valence electrons. The predicted octanol–water partition coefficient (Wildman–Crippen LogP) is 5.01. The predicted molar refractivity (Wildman–Crippen MR) is 113 cm³/mol. The number of aromatic nitrogens is 3. The number of hydrogen-bond acceptors (Lipinski definition) is 5. The summed E-state index contributed by atoms with van der Waals surface area (Å²) in [7, 11) is 1.62. The van der Waals surface area contributed by atoms with E-state index in [1.165, 1.54) is 11.8 Å². The normalized spacial score (nSPS) is 10.7. The van der Waals surface area contributed by atoms with Crippen LogP contribution in [0.3, 0.4) is 0 Å². The first kappa shape index (κ1) is 20.5. The highest BCUT2D eigenvalue weighted by Crippen LogP contribution is 2.28. The minimum atomic E-state index is -0.192. The number of nitrogens with one attached hydrogen (secondary N) is 1. The Morgan fingerprint density at radius 1 is 1.21 bits per heavy atom. The molecule has 0 bridgehead atoms. The lowest BCUT2D eigenvalue weighted by atomic mass is 10.2. The SMILES string of the molecule is CCn1c(SCC(=O)Nc2ccc(Cl)cc2Cl)nnc1-c1cccc(OC)c1. The lowest BCUT2D eigenvalue weighted by Gasteiger charge is -2.09. The Balaban J connectivity index is 1.70. The Morgan fingerprint density at radius 2 is 2.04 bits per heavy atom. The molecule has 0 atom stereocenters. The second-order valence-corrected chi connectivity index (χ2v) is 7.53. The molecule has 3 aromatic rings. The first-order chi connectivity index (χ1) is 13.5. The summed E-state index contributed by atoms with van der Waals surface area (Å²) >= 11 is 13.3. The molecule has 1 amide bonds. The number of hydrogen-bond donors (Lipinski definition) is 1. The van der Waals surface area contributed by atoms with Gasteiger partial charge in [0.15, 0.2) is 11.0 Å². The summed E-state index contributed by atoms with van der Waals surface area (Å²) in [5, 5.41) is 12.9. The summed E-state index contributed by atoms with van der Waals surface area (Å²) < 4.78 is 7.23. The quantitative estimate of drug-likeness (QED) is 0.527. The molecule has 2 aromatic carbocycles. The van der Waals surface area contributed by atoms with E-state index in [2.05, 4.69) is 15.5 Å². The van der Waals surface area contributed by atoms with E-state index in [0.717, 1.165) is 17.1 Å². The van der Waals surface area contributed by atoms with E-state index in [0.29, 0.717) is 27.4 Å². The molecule has 0 aliphatic heterocycles. The molecule has 0 fully saturated rings. The van der Waals surface area contributed by atoms with Crippen molar-refractivity contribution < 1.29 is 9.53 Å². The number of benzene rings is 2. The number of carbonyl (C=O) groups excluding carboxylic acids is 1. The molecule has 1 aromatic heterocycles. The molecular formula is C19H18Cl2N4O2S. The van der Waals surface area contributed by atoms with Crippen LogP contribution in [0.4, 0.5) is 5.69 Å². The van der Waals surface area contributed by atoms with Gasteiger partial charge in [0.05, 0.1) is 23.6 Å². The molecule has 0 aliphatic carbocycles. The molecule has 1 heterocycles. The molecule has 0 saturated carbocycles. The zero-order valence-corrected chi connectivity index (χ0v) is 17.6. The van der Waals surface area contributed by atoms with Gasteiger partial charge in [0, 0.05) is 17.1 Å². The number of anilines is 1. The van der Waals surface area contributed by atoms with Crippen molar-refractivity contribution in [2.24, 2.45) is 0 Å². The lowest BCUT2D eigenvalue weighted by molar-refractivity contribution is -0.113. The zero-order chi connectivity index (χ0) is 20.1. The molecular weight excluding hydrogens is 419 g/mol. The van der Waals surface area contributed by atoms with Crippen molar-refractivity contribution in [3.05, 3.63) is 52.5 Å². The van der Waals surface area contributed by atoms with Crippen LogP contribution in [0.5, 0.6) is 5.75 Å². The van der Waals surface area contributed by atoms with Crippen molar-refractivity contribution in [3.8, 4) is 17.1 Å². The third-order valence-corrected chi connectivity index (χ3v) is 5.41. The third-order valence-electron chi connectivity index (χ3n) is 3.90. The van der Waals surface area contributed by atoms with Gasteiger partial charge < -0.3 is 14.6 Å². The van der Waals surface area contributed by atoms with Crippen LogP contribution in [-0.4, -0.2) is 33.5 Å². The monoisotopic (exact) mass is 436 g/mol. The third kappa shape index (κ3) is 4.79. The van der Waals surface area contributed by atoms with Gasteiger partial charge in [-0.2, -0.15) is 0 Å². The van der Waals surface area contributed by atoms with Crippen LogP contribution in [0.25, 0.3) is 11.4 Å². The van der Waals surface area contributed by atoms with E-state index in [1.54, 1.807) is 25.3 Å². The van der Waals surface area contributed by atoms with E-state index < -0.39 is 0 Å². The maximum atomic E-state index is 12.3. The van der Waals surface area contributed by atoms with Gasteiger partial charge in [-0.1, -0.05) is 47.1 Å². The van der Waals surface area contributed by atoms with Gasteiger partial charge in [-0.3, -0.25) is 4.79 Å². The highest BCUT2D eigenvalue weighted by Gasteiger charge is 2.15. The Bertz CT molecular complexity index is 994. The fourth-order valence-corrected chi connectivity index (χ4v) is 3.82. The number of ether oxygens (including phenoxy) is 1. The minimum absolute atomic E-state index is 0.176. The Kier molecular flexibility index (Phi) is 6.83. The highest BCUT2D eigenvalue weighted by atomic mass is 35.5. The second-order valence-electron chi connectivity index (χ2n) is 5.74. The number of nitrogens with zero attached hydrogens (tertiary/aromatic N) is 3. The Morgan fingerprint density at radius 3 is 2.75 bits per heavy atom. The van der Waals surface area contributed by atoms with Crippen LogP contribution >= 0.6 is 35.0 Å². The number of thioether (sulfide) groups is 1. The van der Waals surface area contributed by atoms with Gasteiger partial charge in [-0.05, 0) is 37.3 Å². The molecule has 6 nitrogen and oxygen atoms in total. The molecule has 0 radical (unpaired) electrons. The van der Waals surface area contributed by atoms with Crippen LogP contribution in [0, 0.1) is 0 Å². The average molecular weight is 437 g/mol. The zero-order valence-electron chi connectivity index (χ0n) is 15.3. The smallest absolute Gasteiger partial charge is 0.234 e. The van der Waals surface area contributed by atoms with Crippen LogP contribution in [0.1, 0.15) is 6.92 Å². The first-order valence-corrected chi connectivity index (χ1v) is 10.2. The Hall–Kier alpha value is -2.22. The first-order valence-electron chi connectivity index (χ1n) is 8.47. The van der Waals surface area contributed by atoms with Gasteiger partial charge in [0.25, 0.3) is 0 Å². The summed E-state index contributed by atoms with van der Waals surface area (Å²) in [5.41, 5.74) is 1.42. The van der Waals surface area contributed by atoms with E-state index in [9.17, 15) is 4.79 Å². The number of methoxy groups -OCH3 is 1. The van der Waals surface area contributed by atoms with E-state index in [-0.39, 0.29) is 11.7 Å². The molecule has 0 spiro atoms. The number of amides is 1. The fraction of sp³-hybridized carbons (Fsp3) is 0.211. The van der Waals surface area contributed by atoms with Crippen LogP contribution in [0.15, 0.2) is 47.6 Å². The van der Waals surface area contributed by atoms with Gasteiger partial charge in [0.1, 0.15) is 5.75 Å². The molecule has 0 aliphatic rings. The molecule has 0 unspecified atom stereocenters. The van der Waals surface area contributed by atoms with Crippen molar-refractivity contribution in [2.75, 3.05) is 18.2 Å². The summed E-state index contributed by atoms with van der Waals surface area (Å²) in [6, 6.07) is 12.5. The van der Waals surface area contributed by atoms with Gasteiger partial charge in [0.2, 0.25) is 5.91 Å². The second kappa shape index (κ2) is 9.32. The highest BCUT2D eigenvalue weighted by molar-refractivity contribution is 7.99. The molecule has 9 heteroatoms. The topological polar surface area (TPSA) is 69.0 Å². The summed E-state index contributed by atoms with van der Waals surface area (Å²) in [6.45, 7) is 2.68. The summed E-state index contributed by atoms with van der Waals surface area (Å²) in [5.74, 6) is 1.46. The van der Waals surface area contributed by atoms with Crippen molar-refractivity contribution in [3.63, 3.8) is 0 Å². The number of rotatable bonds is 7.